The molecule has 0 aromatic carbocycles. The summed E-state index contributed by atoms with van der Waals surface area (Å²) in [7, 11) is 4.04. The topological polar surface area (TPSA) is 29.0 Å². The summed E-state index contributed by atoms with van der Waals surface area (Å²) < 4.78 is 0. The highest BCUT2D eigenvalue weighted by Crippen LogP contribution is 2.11. The molecule has 0 radical (unpaired) electrons. The minimum atomic E-state index is 0.788. The molecule has 0 fully saturated rings. The van der Waals surface area contributed by atoms with Crippen molar-refractivity contribution in [2.45, 2.75) is 54.5 Å². The number of aryl methyl sites for hydroxylation is 2. The Hall–Kier alpha value is -1.22. The first-order valence-electron chi connectivity index (χ1n) is 7.13. The van der Waals surface area contributed by atoms with Crippen molar-refractivity contribution in [3.63, 3.8) is 0 Å². The zero-order chi connectivity index (χ0) is 15.4. The monoisotopic (exact) mass is 265 g/mol. The van der Waals surface area contributed by atoms with Crippen LogP contribution in [0.4, 0.5) is 0 Å². The van der Waals surface area contributed by atoms with Crippen LogP contribution in [0.1, 0.15) is 50.5 Å². The highest BCUT2D eigenvalue weighted by molar-refractivity contribution is 5.26. The number of aromatic nitrogens is 2. The standard InChI is InChI=1S/C12H19N3.2C2H6/c1-6-7-11-9(2)13-12(8-15(4)5)14-10(11)3;2*1-2/h6H,1,7-8H2,2-5H3;2*1-2H3. The van der Waals surface area contributed by atoms with E-state index in [0.29, 0.717) is 0 Å². The summed E-state index contributed by atoms with van der Waals surface area (Å²) in [4.78, 5) is 11.1. The van der Waals surface area contributed by atoms with Gasteiger partial charge in [0, 0.05) is 11.4 Å². The van der Waals surface area contributed by atoms with Gasteiger partial charge in [-0.1, -0.05) is 33.8 Å². The molecule has 1 rings (SSSR count). The first-order chi connectivity index (χ1) is 9.04. The van der Waals surface area contributed by atoms with E-state index in [1.165, 1.54) is 5.56 Å². The Bertz CT molecular complexity index is 334. The van der Waals surface area contributed by atoms with Crippen molar-refractivity contribution in [2.75, 3.05) is 14.1 Å². The van der Waals surface area contributed by atoms with Crippen LogP contribution in [0.25, 0.3) is 0 Å². The summed E-state index contributed by atoms with van der Waals surface area (Å²) in [6, 6.07) is 0. The predicted molar refractivity (Wildman–Crippen MR) is 85.5 cm³/mol. The average Bonchev–Trinajstić information content (AvgIpc) is 2.38. The van der Waals surface area contributed by atoms with E-state index in [1.807, 2.05) is 61.7 Å². The van der Waals surface area contributed by atoms with Gasteiger partial charge in [0.1, 0.15) is 5.82 Å². The van der Waals surface area contributed by atoms with Gasteiger partial charge in [-0.05, 0) is 39.9 Å². The third-order valence-corrected chi connectivity index (χ3v) is 2.27. The highest BCUT2D eigenvalue weighted by Gasteiger charge is 2.07. The quantitative estimate of drug-likeness (QED) is 0.772. The first-order valence-corrected chi connectivity index (χ1v) is 7.13. The number of allylic oxidation sites excluding steroid dienone is 1. The fourth-order valence-electron chi connectivity index (χ4n) is 1.60. The van der Waals surface area contributed by atoms with E-state index in [2.05, 4.69) is 21.4 Å². The highest BCUT2D eigenvalue weighted by atomic mass is 15.1. The zero-order valence-corrected chi connectivity index (χ0v) is 14.0. The van der Waals surface area contributed by atoms with Crippen LogP contribution >= 0.6 is 0 Å². The van der Waals surface area contributed by atoms with Crippen molar-refractivity contribution >= 4 is 0 Å². The van der Waals surface area contributed by atoms with Gasteiger partial charge >= 0.3 is 0 Å². The summed E-state index contributed by atoms with van der Waals surface area (Å²) in [5.74, 6) is 0.891. The molecule has 19 heavy (non-hydrogen) atoms. The third kappa shape index (κ3) is 7.73. The van der Waals surface area contributed by atoms with Gasteiger partial charge in [-0.15, -0.1) is 6.58 Å². The molecule has 3 nitrogen and oxygen atoms in total. The Morgan fingerprint density at radius 2 is 1.42 bits per heavy atom. The lowest BCUT2D eigenvalue weighted by atomic mass is 10.1. The lowest BCUT2D eigenvalue weighted by Gasteiger charge is -2.12. The molecule has 0 spiro atoms. The van der Waals surface area contributed by atoms with Crippen LogP contribution in [0.5, 0.6) is 0 Å². The SMILES string of the molecule is C=CCc1c(C)nc(CN(C)C)nc1C.CC.CC. The fourth-order valence-corrected chi connectivity index (χ4v) is 1.60. The van der Waals surface area contributed by atoms with Gasteiger partial charge in [0.25, 0.3) is 0 Å². The van der Waals surface area contributed by atoms with Gasteiger partial charge in [0.15, 0.2) is 0 Å². The Labute approximate surface area is 119 Å². The first kappa shape index (κ1) is 20.1. The Morgan fingerprint density at radius 3 is 1.74 bits per heavy atom. The van der Waals surface area contributed by atoms with Crippen molar-refractivity contribution in [3.05, 3.63) is 35.4 Å². The number of rotatable bonds is 4. The second-order valence-electron chi connectivity index (χ2n) is 4.02. The third-order valence-electron chi connectivity index (χ3n) is 2.27. The maximum atomic E-state index is 4.49. The van der Waals surface area contributed by atoms with Crippen LogP contribution in [0.3, 0.4) is 0 Å². The second-order valence-corrected chi connectivity index (χ2v) is 4.02. The molecule has 110 valence electrons. The number of hydrogen-bond donors (Lipinski definition) is 0. The number of nitrogens with zero attached hydrogens (tertiary/aromatic N) is 3. The molecule has 1 aromatic rings. The van der Waals surface area contributed by atoms with Crippen LogP contribution in [-0.4, -0.2) is 29.0 Å². The minimum absolute atomic E-state index is 0.788. The maximum absolute atomic E-state index is 4.49. The molecule has 0 N–H and O–H groups in total. The molecule has 0 aliphatic heterocycles. The summed E-state index contributed by atoms with van der Waals surface area (Å²) in [5, 5.41) is 0. The zero-order valence-electron chi connectivity index (χ0n) is 14.0. The molecular weight excluding hydrogens is 234 g/mol. The van der Waals surface area contributed by atoms with Crippen LogP contribution in [0.15, 0.2) is 12.7 Å². The summed E-state index contributed by atoms with van der Waals surface area (Å²) in [6.45, 7) is 16.6. The van der Waals surface area contributed by atoms with Crippen molar-refractivity contribution in [2.24, 2.45) is 0 Å². The van der Waals surface area contributed by atoms with Gasteiger partial charge < -0.3 is 4.90 Å². The molecule has 0 aliphatic rings. The normalized spacial score (nSPS) is 9.11. The summed E-state index contributed by atoms with van der Waals surface area (Å²) in [5.41, 5.74) is 3.34. The van der Waals surface area contributed by atoms with E-state index in [1.54, 1.807) is 0 Å². The van der Waals surface area contributed by atoms with Crippen LogP contribution in [0.2, 0.25) is 0 Å². The molecule has 0 amide bonds. The Kier molecular flexibility index (Phi) is 12.5. The Balaban J connectivity index is 0. The fraction of sp³-hybridized carbons (Fsp3) is 0.625. The lowest BCUT2D eigenvalue weighted by Crippen LogP contribution is -2.15. The molecular formula is C16H31N3. The van der Waals surface area contributed by atoms with Gasteiger partial charge in [-0.2, -0.15) is 0 Å². The molecule has 0 saturated heterocycles. The maximum Gasteiger partial charge on any atom is 0.142 e. The molecule has 0 saturated carbocycles. The average molecular weight is 265 g/mol. The van der Waals surface area contributed by atoms with Crippen molar-refractivity contribution in [1.82, 2.24) is 14.9 Å². The van der Waals surface area contributed by atoms with Crippen molar-refractivity contribution in [1.29, 1.82) is 0 Å². The van der Waals surface area contributed by atoms with E-state index in [9.17, 15) is 0 Å². The Morgan fingerprint density at radius 1 is 1.00 bits per heavy atom. The van der Waals surface area contributed by atoms with Gasteiger partial charge in [-0.3, -0.25) is 0 Å². The molecule has 0 unspecified atom stereocenters. The van der Waals surface area contributed by atoms with Crippen LogP contribution in [-0.2, 0) is 13.0 Å². The largest absolute Gasteiger partial charge is 0.302 e. The lowest BCUT2D eigenvalue weighted by molar-refractivity contribution is 0.389. The molecule has 0 bridgehead atoms. The van der Waals surface area contributed by atoms with Crippen molar-refractivity contribution in [3.8, 4) is 0 Å². The van der Waals surface area contributed by atoms with E-state index in [-0.39, 0.29) is 0 Å². The van der Waals surface area contributed by atoms with E-state index in [4.69, 9.17) is 0 Å². The number of hydrogen-bond acceptors (Lipinski definition) is 3. The summed E-state index contributed by atoms with van der Waals surface area (Å²) >= 11 is 0. The predicted octanol–water partition coefficient (Wildman–Crippen LogP) is 3.94. The van der Waals surface area contributed by atoms with Gasteiger partial charge in [0.05, 0.1) is 6.54 Å². The molecule has 0 aliphatic carbocycles. The van der Waals surface area contributed by atoms with Crippen LogP contribution in [0, 0.1) is 13.8 Å². The van der Waals surface area contributed by atoms with E-state index in [0.717, 1.165) is 30.2 Å². The molecule has 1 heterocycles. The minimum Gasteiger partial charge on any atom is -0.302 e. The smallest absolute Gasteiger partial charge is 0.142 e. The van der Waals surface area contributed by atoms with Gasteiger partial charge in [-0.25, -0.2) is 9.97 Å². The summed E-state index contributed by atoms with van der Waals surface area (Å²) in [6.07, 6.45) is 2.74. The molecule has 1 aromatic heterocycles. The second kappa shape index (κ2) is 11.8. The molecule has 0 atom stereocenters. The van der Waals surface area contributed by atoms with Gasteiger partial charge in [0.2, 0.25) is 0 Å². The van der Waals surface area contributed by atoms with E-state index < -0.39 is 0 Å². The molecule has 3 heteroatoms. The van der Waals surface area contributed by atoms with Crippen LogP contribution < -0.4 is 0 Å². The van der Waals surface area contributed by atoms with E-state index >= 15 is 0 Å². The van der Waals surface area contributed by atoms with Crippen molar-refractivity contribution < 1.29 is 0 Å².